The van der Waals surface area contributed by atoms with Gasteiger partial charge in [0, 0.05) is 11.8 Å². The molecule has 0 spiro atoms. The number of nitrogen functional groups attached to an aromatic ring is 2. The van der Waals surface area contributed by atoms with Gasteiger partial charge in [-0.05, 0) is 55.5 Å². The van der Waals surface area contributed by atoms with Gasteiger partial charge in [-0.3, -0.25) is 9.89 Å². The van der Waals surface area contributed by atoms with Crippen LogP contribution in [0.1, 0.15) is 5.69 Å². The molecular weight excluding hydrogens is 456 g/mol. The number of H-pyrrole nitrogens is 1. The Morgan fingerprint density at radius 1 is 0.794 bits per heavy atom. The Morgan fingerprint density at radius 2 is 1.29 bits per heavy atom. The Hall–Kier alpha value is -4.18. The summed E-state index contributed by atoms with van der Waals surface area (Å²) in [6.45, 7) is 1.86. The summed E-state index contributed by atoms with van der Waals surface area (Å²) in [4.78, 5) is 11.5. The SMILES string of the molecule is COc1ccc(S(=O)(=O)c2ccc(OC)c(N)c2)cc1N.Cc1cc(=O)n(-c2ccccc2)[nH]1. The zero-order valence-electron chi connectivity index (χ0n) is 19.0. The summed E-state index contributed by atoms with van der Waals surface area (Å²) in [6, 6.07) is 19.7. The highest BCUT2D eigenvalue weighted by molar-refractivity contribution is 7.91. The molecule has 4 aromatic rings. The normalized spacial score (nSPS) is 10.8. The van der Waals surface area contributed by atoms with Crippen molar-refractivity contribution < 1.29 is 17.9 Å². The second-order valence-electron chi connectivity index (χ2n) is 7.26. The first kappa shape index (κ1) is 24.5. The minimum atomic E-state index is -3.71. The Morgan fingerprint density at radius 3 is 1.68 bits per heavy atom. The molecule has 0 bridgehead atoms. The quantitative estimate of drug-likeness (QED) is 0.371. The molecule has 0 aliphatic rings. The number of hydrogen-bond acceptors (Lipinski definition) is 7. The smallest absolute Gasteiger partial charge is 0.271 e. The molecule has 0 aliphatic carbocycles. The van der Waals surface area contributed by atoms with Crippen LogP contribution in [0.2, 0.25) is 0 Å². The summed E-state index contributed by atoms with van der Waals surface area (Å²) in [5.74, 6) is 0.839. The van der Waals surface area contributed by atoms with E-state index in [-0.39, 0.29) is 26.7 Å². The highest BCUT2D eigenvalue weighted by atomic mass is 32.2. The summed E-state index contributed by atoms with van der Waals surface area (Å²) in [5.41, 5.74) is 13.7. The Balaban J connectivity index is 0.000000212. The van der Waals surface area contributed by atoms with Crippen LogP contribution in [-0.4, -0.2) is 32.4 Å². The van der Waals surface area contributed by atoms with Crippen molar-refractivity contribution >= 4 is 21.2 Å². The maximum Gasteiger partial charge on any atom is 0.271 e. The number of aryl methyl sites for hydroxylation is 1. The van der Waals surface area contributed by atoms with Crippen LogP contribution in [0.4, 0.5) is 11.4 Å². The summed E-state index contributed by atoms with van der Waals surface area (Å²) < 4.78 is 36.6. The number of nitrogens with zero attached hydrogens (tertiary/aromatic N) is 1. The number of nitrogens with one attached hydrogen (secondary N) is 1. The van der Waals surface area contributed by atoms with Gasteiger partial charge in [0.2, 0.25) is 9.84 Å². The zero-order chi connectivity index (χ0) is 24.9. The lowest BCUT2D eigenvalue weighted by Crippen LogP contribution is -2.12. The number of ether oxygens (including phenoxy) is 2. The van der Waals surface area contributed by atoms with Gasteiger partial charge in [-0.15, -0.1) is 0 Å². The van der Waals surface area contributed by atoms with E-state index in [0.717, 1.165) is 11.4 Å². The van der Waals surface area contributed by atoms with Gasteiger partial charge in [0.05, 0.1) is 41.1 Å². The van der Waals surface area contributed by atoms with Gasteiger partial charge in [0.25, 0.3) is 5.56 Å². The van der Waals surface area contributed by atoms with Crippen LogP contribution >= 0.6 is 0 Å². The van der Waals surface area contributed by atoms with Crippen LogP contribution in [0.25, 0.3) is 5.69 Å². The molecule has 0 amide bonds. The van der Waals surface area contributed by atoms with Crippen LogP contribution in [-0.2, 0) is 9.84 Å². The number of sulfone groups is 1. The highest BCUT2D eigenvalue weighted by Gasteiger charge is 2.20. The fourth-order valence-electron chi connectivity index (χ4n) is 3.18. The van der Waals surface area contributed by atoms with Crippen molar-refractivity contribution in [3.05, 3.63) is 88.8 Å². The molecule has 178 valence electrons. The molecule has 0 unspecified atom stereocenters. The van der Waals surface area contributed by atoms with Gasteiger partial charge in [-0.2, -0.15) is 0 Å². The fourth-order valence-corrected chi connectivity index (χ4v) is 4.51. The molecule has 0 fully saturated rings. The van der Waals surface area contributed by atoms with Crippen molar-refractivity contribution in [3.63, 3.8) is 0 Å². The minimum absolute atomic E-state index is 0.0244. The number of aromatic nitrogens is 2. The van der Waals surface area contributed by atoms with Crippen LogP contribution < -0.4 is 26.5 Å². The van der Waals surface area contributed by atoms with Crippen molar-refractivity contribution in [2.75, 3.05) is 25.7 Å². The van der Waals surface area contributed by atoms with Crippen molar-refractivity contribution in [1.29, 1.82) is 0 Å². The summed E-state index contributed by atoms with van der Waals surface area (Å²) in [7, 11) is -0.780. The Bertz CT molecular complexity index is 1380. The van der Waals surface area contributed by atoms with Crippen LogP contribution in [0.5, 0.6) is 11.5 Å². The Labute approximate surface area is 197 Å². The van der Waals surface area contributed by atoms with Gasteiger partial charge in [0.15, 0.2) is 0 Å². The molecule has 0 aliphatic heterocycles. The van der Waals surface area contributed by atoms with E-state index in [1.807, 2.05) is 37.3 Å². The van der Waals surface area contributed by atoms with Gasteiger partial charge in [0.1, 0.15) is 11.5 Å². The van der Waals surface area contributed by atoms with Gasteiger partial charge in [-0.25, -0.2) is 13.1 Å². The van der Waals surface area contributed by atoms with Crippen LogP contribution in [0.15, 0.2) is 87.4 Å². The molecule has 10 heteroatoms. The van der Waals surface area contributed by atoms with Gasteiger partial charge >= 0.3 is 0 Å². The van der Waals surface area contributed by atoms with Crippen molar-refractivity contribution in [1.82, 2.24) is 9.78 Å². The molecule has 9 nitrogen and oxygen atoms in total. The number of para-hydroxylation sites is 1. The van der Waals surface area contributed by atoms with Gasteiger partial charge < -0.3 is 20.9 Å². The van der Waals surface area contributed by atoms with E-state index >= 15 is 0 Å². The zero-order valence-corrected chi connectivity index (χ0v) is 19.8. The lowest BCUT2D eigenvalue weighted by Gasteiger charge is -2.10. The number of nitrogens with two attached hydrogens (primary N) is 2. The lowest BCUT2D eigenvalue weighted by molar-refractivity contribution is 0.416. The van der Waals surface area contributed by atoms with E-state index in [2.05, 4.69) is 5.10 Å². The van der Waals surface area contributed by atoms with E-state index in [9.17, 15) is 13.2 Å². The van der Waals surface area contributed by atoms with E-state index in [0.29, 0.717) is 11.5 Å². The minimum Gasteiger partial charge on any atom is -0.495 e. The average Bonchev–Trinajstić information content (AvgIpc) is 3.17. The first-order chi connectivity index (χ1) is 16.2. The number of anilines is 2. The topological polar surface area (TPSA) is 142 Å². The third-order valence-corrected chi connectivity index (χ3v) is 6.63. The second-order valence-corrected chi connectivity index (χ2v) is 9.21. The monoisotopic (exact) mass is 482 g/mol. The summed E-state index contributed by atoms with van der Waals surface area (Å²) in [5, 5.41) is 2.96. The summed E-state index contributed by atoms with van der Waals surface area (Å²) >= 11 is 0. The largest absolute Gasteiger partial charge is 0.495 e. The van der Waals surface area contributed by atoms with Gasteiger partial charge in [-0.1, -0.05) is 18.2 Å². The molecule has 5 N–H and O–H groups in total. The number of methoxy groups -OCH3 is 2. The molecule has 0 saturated carbocycles. The molecule has 0 atom stereocenters. The van der Waals surface area contributed by atoms with Crippen molar-refractivity contribution in [3.8, 4) is 17.2 Å². The number of hydrogen-bond donors (Lipinski definition) is 3. The lowest BCUT2D eigenvalue weighted by atomic mass is 10.3. The van der Waals surface area contributed by atoms with Crippen LogP contribution in [0, 0.1) is 6.92 Å². The molecule has 1 heterocycles. The molecule has 3 aromatic carbocycles. The number of aromatic amines is 1. The second kappa shape index (κ2) is 10.2. The number of benzene rings is 3. The predicted molar refractivity (Wildman–Crippen MR) is 131 cm³/mol. The van der Waals surface area contributed by atoms with Crippen molar-refractivity contribution in [2.45, 2.75) is 16.7 Å². The molecule has 34 heavy (non-hydrogen) atoms. The predicted octanol–water partition coefficient (Wildman–Crippen LogP) is 3.18. The average molecular weight is 483 g/mol. The molecule has 0 radical (unpaired) electrons. The maximum atomic E-state index is 12.5. The standard InChI is InChI=1S/C14H16N2O4S.C10H10N2O/c1-19-13-5-3-9(7-11(13)15)21(17,18)10-4-6-14(20-2)12(16)8-10;1-8-7-10(13)12(11-8)9-5-3-2-4-6-9/h3-8H,15-16H2,1-2H3;2-7,11H,1H3. The molecular formula is C24H26N4O5S. The van der Waals surface area contributed by atoms with E-state index in [4.69, 9.17) is 20.9 Å². The third kappa shape index (κ3) is 5.24. The van der Waals surface area contributed by atoms with E-state index in [1.54, 1.807) is 6.07 Å². The molecule has 4 rings (SSSR count). The highest BCUT2D eigenvalue weighted by Crippen LogP contribution is 2.31. The third-order valence-electron chi connectivity index (χ3n) is 4.89. The number of rotatable bonds is 5. The fraction of sp³-hybridized carbons (Fsp3) is 0.125. The van der Waals surface area contributed by atoms with E-state index in [1.165, 1.54) is 55.3 Å². The van der Waals surface area contributed by atoms with Crippen molar-refractivity contribution in [2.24, 2.45) is 0 Å². The first-order valence-electron chi connectivity index (χ1n) is 10.1. The molecule has 1 aromatic heterocycles. The molecule has 0 saturated heterocycles. The first-order valence-corrected chi connectivity index (χ1v) is 11.6. The van der Waals surface area contributed by atoms with E-state index < -0.39 is 9.84 Å². The summed E-state index contributed by atoms with van der Waals surface area (Å²) in [6.07, 6.45) is 0. The van der Waals surface area contributed by atoms with Crippen LogP contribution in [0.3, 0.4) is 0 Å². The maximum absolute atomic E-state index is 12.5. The Kier molecular flexibility index (Phi) is 7.32.